The number of hydrogen-bond acceptors (Lipinski definition) is 3. The first kappa shape index (κ1) is 17.3. The number of aliphatic carboxylic acids is 1. The van der Waals surface area contributed by atoms with Crippen LogP contribution in [-0.4, -0.2) is 31.1 Å². The van der Waals surface area contributed by atoms with E-state index in [-0.39, 0.29) is 17.8 Å². The van der Waals surface area contributed by atoms with Gasteiger partial charge in [0, 0.05) is 12.5 Å². The Morgan fingerprint density at radius 3 is 2.68 bits per heavy atom. The fourth-order valence-electron chi connectivity index (χ4n) is 7.89. The second kappa shape index (κ2) is 5.18. The van der Waals surface area contributed by atoms with Crippen molar-refractivity contribution in [2.45, 2.75) is 46.5 Å². The maximum Gasteiger partial charge on any atom is 0.315 e. The molecule has 0 aliphatic heterocycles. The van der Waals surface area contributed by atoms with Crippen LogP contribution in [0.2, 0.25) is 0 Å². The number of allylic oxidation sites excluding steroid dienone is 1. The highest BCUT2D eigenvalue weighted by Gasteiger charge is 2.84. The Balaban J connectivity index is 2.02. The van der Waals surface area contributed by atoms with Gasteiger partial charge in [0.1, 0.15) is 11.7 Å². The van der Waals surface area contributed by atoms with Gasteiger partial charge in [0.15, 0.2) is 0 Å². The van der Waals surface area contributed by atoms with Crippen molar-refractivity contribution in [2.75, 3.05) is 13.7 Å². The van der Waals surface area contributed by atoms with Gasteiger partial charge < -0.3 is 14.6 Å². The number of hydrogen-bond donors (Lipinski definition) is 1. The van der Waals surface area contributed by atoms with Crippen molar-refractivity contribution in [1.82, 2.24) is 0 Å². The number of aldehydes is 1. The predicted octanol–water partition coefficient (Wildman–Crippen LogP) is 3.56. The van der Waals surface area contributed by atoms with Crippen LogP contribution in [0.4, 0.5) is 0 Å². The molecule has 138 valence electrons. The molecule has 1 N–H and O–H groups in total. The second-order valence-electron chi connectivity index (χ2n) is 9.42. The third-order valence-electron chi connectivity index (χ3n) is 8.52. The minimum absolute atomic E-state index is 0.132. The molecule has 4 aliphatic carbocycles. The first-order valence-corrected chi connectivity index (χ1v) is 9.73. The molecule has 4 aliphatic rings. The third kappa shape index (κ3) is 1.60. The van der Waals surface area contributed by atoms with E-state index >= 15 is 0 Å². The Morgan fingerprint density at radius 1 is 1.40 bits per heavy atom. The summed E-state index contributed by atoms with van der Waals surface area (Å²) in [4.78, 5) is 25.6. The molecule has 0 aromatic rings. The molecule has 0 saturated heterocycles. The maximum atomic E-state index is 13.0. The summed E-state index contributed by atoms with van der Waals surface area (Å²) in [6.07, 6.45) is 6.94. The van der Waals surface area contributed by atoms with E-state index in [1.807, 2.05) is 0 Å². The van der Waals surface area contributed by atoms with Gasteiger partial charge in [0.05, 0.1) is 12.0 Å². The first-order chi connectivity index (χ1) is 11.8. The molecule has 0 aromatic carbocycles. The lowest BCUT2D eigenvalue weighted by Crippen LogP contribution is -2.63. The molecule has 0 amide bonds. The van der Waals surface area contributed by atoms with E-state index in [1.54, 1.807) is 7.11 Å². The lowest BCUT2D eigenvalue weighted by atomic mass is 9.43. The van der Waals surface area contributed by atoms with E-state index < -0.39 is 22.2 Å². The summed E-state index contributed by atoms with van der Waals surface area (Å²) in [5, 5.41) is 10.6. The number of carboxylic acids is 1. The Labute approximate surface area is 150 Å². The molecular formula is C21H30O4. The fraction of sp³-hybridized carbons (Fsp3) is 0.810. The van der Waals surface area contributed by atoms with Crippen LogP contribution in [0.1, 0.15) is 46.5 Å². The highest BCUT2D eigenvalue weighted by Crippen LogP contribution is 2.82. The van der Waals surface area contributed by atoms with E-state index in [9.17, 15) is 14.7 Å². The Kier molecular flexibility index (Phi) is 3.58. The van der Waals surface area contributed by atoms with Crippen LogP contribution in [0.3, 0.4) is 0 Å². The van der Waals surface area contributed by atoms with E-state index in [0.717, 1.165) is 31.1 Å². The lowest BCUT2D eigenvalue weighted by Gasteiger charge is -2.58. The lowest BCUT2D eigenvalue weighted by molar-refractivity contribution is -0.185. The van der Waals surface area contributed by atoms with Gasteiger partial charge in [-0.3, -0.25) is 4.79 Å². The van der Waals surface area contributed by atoms with E-state index in [1.165, 1.54) is 0 Å². The molecule has 0 radical (unpaired) electrons. The highest BCUT2D eigenvalue weighted by molar-refractivity contribution is 5.90. The molecule has 4 rings (SSSR count). The van der Waals surface area contributed by atoms with Crippen molar-refractivity contribution in [1.29, 1.82) is 0 Å². The molecule has 0 aromatic heterocycles. The van der Waals surface area contributed by atoms with Gasteiger partial charge in [-0.2, -0.15) is 0 Å². The molecule has 4 bridgehead atoms. The summed E-state index contributed by atoms with van der Waals surface area (Å²) in [7, 11) is 1.67. The maximum absolute atomic E-state index is 13.0. The van der Waals surface area contributed by atoms with Gasteiger partial charge in [-0.15, -0.1) is 0 Å². The van der Waals surface area contributed by atoms with Gasteiger partial charge in [-0.1, -0.05) is 38.8 Å². The van der Waals surface area contributed by atoms with Gasteiger partial charge >= 0.3 is 5.97 Å². The van der Waals surface area contributed by atoms with Crippen molar-refractivity contribution in [3.63, 3.8) is 0 Å². The SMILES string of the molecule is COC[C@]12CC3C(C)CCC3[C@@]3(C=O)CC1C=C(C(C)C)C23C(=O)O. The summed E-state index contributed by atoms with van der Waals surface area (Å²) < 4.78 is 5.65. The fourth-order valence-corrected chi connectivity index (χ4v) is 7.89. The molecule has 3 saturated carbocycles. The van der Waals surface area contributed by atoms with Gasteiger partial charge in [0.25, 0.3) is 0 Å². The second-order valence-corrected chi connectivity index (χ2v) is 9.42. The van der Waals surface area contributed by atoms with E-state index in [4.69, 9.17) is 4.74 Å². The van der Waals surface area contributed by atoms with Gasteiger partial charge in [-0.25, -0.2) is 0 Å². The van der Waals surface area contributed by atoms with Crippen molar-refractivity contribution < 1.29 is 19.4 Å². The zero-order valence-electron chi connectivity index (χ0n) is 15.7. The van der Waals surface area contributed by atoms with Crippen molar-refractivity contribution in [2.24, 2.45) is 45.8 Å². The highest BCUT2D eigenvalue weighted by atomic mass is 16.5. The summed E-state index contributed by atoms with van der Waals surface area (Å²) in [6.45, 7) is 6.85. The molecule has 0 spiro atoms. The molecule has 0 heterocycles. The zero-order valence-corrected chi connectivity index (χ0v) is 15.7. The van der Waals surface area contributed by atoms with Crippen molar-refractivity contribution >= 4 is 12.3 Å². The monoisotopic (exact) mass is 346 g/mol. The number of ether oxygens (including phenoxy) is 1. The number of rotatable bonds is 5. The third-order valence-corrected chi connectivity index (χ3v) is 8.52. The number of fused-ring (bicyclic) bond motifs is 2. The smallest absolute Gasteiger partial charge is 0.315 e. The van der Waals surface area contributed by atoms with Crippen LogP contribution >= 0.6 is 0 Å². The topological polar surface area (TPSA) is 63.6 Å². The van der Waals surface area contributed by atoms with Crippen LogP contribution in [0.5, 0.6) is 0 Å². The molecule has 7 atom stereocenters. The van der Waals surface area contributed by atoms with Crippen LogP contribution in [-0.2, 0) is 14.3 Å². The Hall–Kier alpha value is -1.16. The Bertz CT molecular complexity index is 652. The minimum Gasteiger partial charge on any atom is -0.481 e. The standard InChI is InChI=1S/C21H30O4/c1-12(2)17-7-14-8-19(10-22)16-6-5-13(3)15(16)9-20(14,11-25-4)21(17,19)18(23)24/h7,10,12-16H,5-6,8-9,11H2,1-4H3,(H,23,24)/t13?,14?,15?,16?,19-,20+,21?/m0/s1. The largest absolute Gasteiger partial charge is 0.481 e. The van der Waals surface area contributed by atoms with Gasteiger partial charge in [-0.05, 0) is 48.9 Å². The average Bonchev–Trinajstić information content (AvgIpc) is 3.12. The van der Waals surface area contributed by atoms with Crippen molar-refractivity contribution in [3.8, 4) is 0 Å². The molecule has 4 heteroatoms. The van der Waals surface area contributed by atoms with Crippen LogP contribution in [0.15, 0.2) is 11.6 Å². The summed E-state index contributed by atoms with van der Waals surface area (Å²) >= 11 is 0. The quantitative estimate of drug-likeness (QED) is 0.611. The molecule has 25 heavy (non-hydrogen) atoms. The normalized spacial score (nSPS) is 50.0. The summed E-state index contributed by atoms with van der Waals surface area (Å²) in [5.41, 5.74) is -1.32. The number of methoxy groups -OCH3 is 1. The summed E-state index contributed by atoms with van der Waals surface area (Å²) in [5.74, 6) is 0.684. The van der Waals surface area contributed by atoms with Crippen LogP contribution in [0, 0.1) is 45.8 Å². The van der Waals surface area contributed by atoms with E-state index in [2.05, 4.69) is 26.8 Å². The van der Waals surface area contributed by atoms with Crippen LogP contribution in [0.25, 0.3) is 0 Å². The zero-order chi connectivity index (χ0) is 18.2. The van der Waals surface area contributed by atoms with Crippen LogP contribution < -0.4 is 0 Å². The van der Waals surface area contributed by atoms with E-state index in [0.29, 0.717) is 24.9 Å². The number of carbonyl (C=O) groups excluding carboxylic acids is 1. The molecular weight excluding hydrogens is 316 g/mol. The van der Waals surface area contributed by atoms with Gasteiger partial charge in [0.2, 0.25) is 0 Å². The molecule has 5 unspecified atom stereocenters. The average molecular weight is 346 g/mol. The minimum atomic E-state index is -1.08. The predicted molar refractivity (Wildman–Crippen MR) is 93.9 cm³/mol. The van der Waals surface area contributed by atoms with Crippen molar-refractivity contribution in [3.05, 3.63) is 11.6 Å². The Morgan fingerprint density at radius 2 is 2.12 bits per heavy atom. The summed E-state index contributed by atoms with van der Waals surface area (Å²) in [6, 6.07) is 0. The molecule has 3 fully saturated rings. The molecule has 4 nitrogen and oxygen atoms in total. The number of carboxylic acid groups (broad SMARTS) is 1. The first-order valence-electron chi connectivity index (χ1n) is 9.73. The number of carbonyl (C=O) groups is 2.